The van der Waals surface area contributed by atoms with Gasteiger partial charge in [-0.05, 0) is 51.8 Å². The predicted molar refractivity (Wildman–Crippen MR) is 92.8 cm³/mol. The van der Waals surface area contributed by atoms with E-state index in [4.69, 9.17) is 28.5 Å². The van der Waals surface area contributed by atoms with Gasteiger partial charge in [0.1, 0.15) is 17.5 Å². The largest absolute Gasteiger partial charge is 0.319 e. The van der Waals surface area contributed by atoms with Gasteiger partial charge in [-0.25, -0.2) is 4.39 Å². The summed E-state index contributed by atoms with van der Waals surface area (Å²) in [4.78, 5) is 12.2. The Kier molecular flexibility index (Phi) is 5.78. The number of halogens is 4. The van der Waals surface area contributed by atoms with E-state index < -0.39 is 11.7 Å². The number of nitrogens with one attached hydrogen (secondary N) is 1. The highest BCUT2D eigenvalue weighted by Gasteiger charge is 2.14. The van der Waals surface area contributed by atoms with Crippen molar-refractivity contribution in [3.63, 3.8) is 0 Å². The van der Waals surface area contributed by atoms with Crippen LogP contribution in [0.3, 0.4) is 0 Å². The smallest absolute Gasteiger partial charge is 0.266 e. The van der Waals surface area contributed by atoms with Gasteiger partial charge in [0.25, 0.3) is 5.91 Å². The van der Waals surface area contributed by atoms with Gasteiger partial charge in [-0.3, -0.25) is 4.79 Å². The normalized spacial score (nSPS) is 11.0. The Morgan fingerprint density at radius 2 is 1.91 bits per heavy atom. The van der Waals surface area contributed by atoms with Crippen LogP contribution in [0.1, 0.15) is 5.56 Å². The van der Waals surface area contributed by atoms with Crippen molar-refractivity contribution in [1.29, 1.82) is 5.26 Å². The Morgan fingerprint density at radius 3 is 2.48 bits per heavy atom. The molecule has 0 saturated heterocycles. The van der Waals surface area contributed by atoms with Crippen LogP contribution >= 0.6 is 39.1 Å². The SMILES string of the molecule is N#C/C(=C\c1ccc(F)c(Br)c1)C(=O)Nc1c(Cl)cccc1Cl. The van der Waals surface area contributed by atoms with E-state index in [0.717, 1.165) is 0 Å². The number of carbonyl (C=O) groups is 1. The lowest BCUT2D eigenvalue weighted by Gasteiger charge is -2.08. The highest BCUT2D eigenvalue weighted by molar-refractivity contribution is 9.10. The number of hydrogen-bond acceptors (Lipinski definition) is 2. The third-order valence-electron chi connectivity index (χ3n) is 2.82. The first-order valence-corrected chi connectivity index (χ1v) is 7.79. The zero-order valence-electron chi connectivity index (χ0n) is 11.4. The number of anilines is 1. The fourth-order valence-corrected chi connectivity index (χ4v) is 2.60. The molecule has 0 fully saturated rings. The van der Waals surface area contributed by atoms with Crippen LogP contribution in [0.15, 0.2) is 46.4 Å². The van der Waals surface area contributed by atoms with Crippen molar-refractivity contribution in [3.8, 4) is 6.07 Å². The molecule has 0 bridgehead atoms. The monoisotopic (exact) mass is 412 g/mol. The molecule has 0 radical (unpaired) electrons. The lowest BCUT2D eigenvalue weighted by molar-refractivity contribution is -0.112. The number of nitrogens with zero attached hydrogens (tertiary/aromatic N) is 1. The van der Waals surface area contributed by atoms with E-state index in [-0.39, 0.29) is 25.8 Å². The second-order valence-electron chi connectivity index (χ2n) is 4.39. The van der Waals surface area contributed by atoms with Crippen molar-refractivity contribution in [3.05, 3.63) is 67.9 Å². The summed E-state index contributed by atoms with van der Waals surface area (Å²) < 4.78 is 13.4. The average Bonchev–Trinajstić information content (AvgIpc) is 2.52. The standard InChI is InChI=1S/C16H8BrCl2FN2O/c17-11-7-9(4-5-14(11)20)6-10(8-21)16(23)22-15-12(18)2-1-3-13(15)19/h1-7H,(H,22,23)/b10-6+. The maximum absolute atomic E-state index is 13.2. The first kappa shape index (κ1) is 17.5. The summed E-state index contributed by atoms with van der Waals surface area (Å²) in [7, 11) is 0. The van der Waals surface area contributed by atoms with Gasteiger partial charge < -0.3 is 5.32 Å². The third-order valence-corrected chi connectivity index (χ3v) is 4.06. The minimum atomic E-state index is -0.664. The Bertz CT molecular complexity index is 826. The van der Waals surface area contributed by atoms with Crippen LogP contribution in [0, 0.1) is 17.1 Å². The summed E-state index contributed by atoms with van der Waals surface area (Å²) in [5, 5.41) is 12.2. The number of hydrogen-bond donors (Lipinski definition) is 1. The Balaban J connectivity index is 2.30. The van der Waals surface area contributed by atoms with E-state index >= 15 is 0 Å². The summed E-state index contributed by atoms with van der Waals surface area (Å²) in [6.07, 6.45) is 1.34. The van der Waals surface area contributed by atoms with E-state index in [0.29, 0.717) is 5.56 Å². The third kappa shape index (κ3) is 4.32. The van der Waals surface area contributed by atoms with Crippen LogP contribution in [0.5, 0.6) is 0 Å². The van der Waals surface area contributed by atoms with Gasteiger partial charge in [-0.1, -0.05) is 35.3 Å². The van der Waals surface area contributed by atoms with Crippen LogP contribution in [0.2, 0.25) is 10.0 Å². The number of benzene rings is 2. The maximum Gasteiger partial charge on any atom is 0.266 e. The van der Waals surface area contributed by atoms with Crippen LogP contribution in [-0.2, 0) is 4.79 Å². The molecule has 0 atom stereocenters. The summed E-state index contributed by atoms with van der Waals surface area (Å²) in [6.45, 7) is 0. The maximum atomic E-state index is 13.2. The molecule has 0 heterocycles. The Morgan fingerprint density at radius 1 is 1.26 bits per heavy atom. The number of rotatable bonds is 3. The van der Waals surface area contributed by atoms with Crippen molar-refractivity contribution in [1.82, 2.24) is 0 Å². The molecule has 0 aliphatic rings. The van der Waals surface area contributed by atoms with Crippen molar-refractivity contribution in [2.24, 2.45) is 0 Å². The highest BCUT2D eigenvalue weighted by atomic mass is 79.9. The van der Waals surface area contributed by atoms with Gasteiger partial charge in [0, 0.05) is 0 Å². The van der Waals surface area contributed by atoms with E-state index in [1.165, 1.54) is 24.3 Å². The molecule has 0 unspecified atom stereocenters. The van der Waals surface area contributed by atoms with Crippen molar-refractivity contribution in [2.75, 3.05) is 5.32 Å². The topological polar surface area (TPSA) is 52.9 Å². The van der Waals surface area contributed by atoms with Gasteiger partial charge in [0.05, 0.1) is 20.2 Å². The van der Waals surface area contributed by atoms with E-state index in [2.05, 4.69) is 21.2 Å². The Labute approximate surface area is 150 Å². The second-order valence-corrected chi connectivity index (χ2v) is 6.06. The highest BCUT2D eigenvalue weighted by Crippen LogP contribution is 2.30. The molecule has 1 N–H and O–H groups in total. The molecule has 7 heteroatoms. The van der Waals surface area contributed by atoms with Gasteiger partial charge in [-0.2, -0.15) is 5.26 Å². The molecule has 0 aliphatic carbocycles. The minimum absolute atomic E-state index is 0.167. The Hall–Kier alpha value is -1.87. The molecule has 0 aromatic heterocycles. The van der Waals surface area contributed by atoms with Crippen LogP contribution in [-0.4, -0.2) is 5.91 Å². The summed E-state index contributed by atoms with van der Waals surface area (Å²) in [6, 6.07) is 10.7. The molecule has 2 aromatic carbocycles. The second kappa shape index (κ2) is 7.60. The molecule has 116 valence electrons. The van der Waals surface area contributed by atoms with Gasteiger partial charge >= 0.3 is 0 Å². The van der Waals surface area contributed by atoms with E-state index in [1.54, 1.807) is 24.3 Å². The molecule has 3 nitrogen and oxygen atoms in total. The quantitative estimate of drug-likeness (QED) is 0.537. The lowest BCUT2D eigenvalue weighted by atomic mass is 10.1. The number of nitriles is 1. The van der Waals surface area contributed by atoms with Crippen LogP contribution < -0.4 is 5.32 Å². The number of amides is 1. The summed E-state index contributed by atoms with van der Waals surface area (Å²) in [5.41, 5.74) is 0.553. The van der Waals surface area contributed by atoms with Gasteiger partial charge in [0.2, 0.25) is 0 Å². The number of para-hydroxylation sites is 1. The first-order valence-electron chi connectivity index (χ1n) is 6.24. The van der Waals surface area contributed by atoms with Crippen LogP contribution in [0.25, 0.3) is 6.08 Å². The first-order chi connectivity index (χ1) is 10.9. The summed E-state index contributed by atoms with van der Waals surface area (Å²) >= 11 is 15.0. The molecule has 0 aliphatic heterocycles. The molecule has 23 heavy (non-hydrogen) atoms. The average molecular weight is 414 g/mol. The minimum Gasteiger partial charge on any atom is -0.319 e. The van der Waals surface area contributed by atoms with Crippen molar-refractivity contribution in [2.45, 2.75) is 0 Å². The molecule has 0 spiro atoms. The van der Waals surface area contributed by atoms with Gasteiger partial charge in [0.15, 0.2) is 0 Å². The van der Waals surface area contributed by atoms with E-state index in [9.17, 15) is 9.18 Å². The zero-order chi connectivity index (χ0) is 17.0. The predicted octanol–water partition coefficient (Wildman–Crippen LogP) is 5.44. The van der Waals surface area contributed by atoms with Crippen molar-refractivity contribution < 1.29 is 9.18 Å². The summed E-state index contributed by atoms with van der Waals surface area (Å²) in [5.74, 6) is -1.10. The van der Waals surface area contributed by atoms with Crippen LogP contribution in [0.4, 0.5) is 10.1 Å². The number of carbonyl (C=O) groups excluding carboxylic acids is 1. The molecule has 2 rings (SSSR count). The lowest BCUT2D eigenvalue weighted by Crippen LogP contribution is -2.14. The van der Waals surface area contributed by atoms with Gasteiger partial charge in [-0.15, -0.1) is 0 Å². The zero-order valence-corrected chi connectivity index (χ0v) is 14.5. The molecular formula is C16H8BrCl2FN2O. The fourth-order valence-electron chi connectivity index (χ4n) is 1.72. The van der Waals surface area contributed by atoms with E-state index in [1.807, 2.05) is 0 Å². The fraction of sp³-hybridized carbons (Fsp3) is 0. The molecular weight excluding hydrogens is 406 g/mol. The molecule has 1 amide bonds. The van der Waals surface area contributed by atoms with Crippen molar-refractivity contribution >= 4 is 56.8 Å². The molecule has 2 aromatic rings. The molecule has 0 saturated carbocycles.